The number of aryl methyl sites for hydroxylation is 1. The summed E-state index contributed by atoms with van der Waals surface area (Å²) in [6, 6.07) is 6.50. The Bertz CT molecular complexity index is 584. The fraction of sp³-hybridized carbons (Fsp3) is 0.625. The molecule has 2 rings (SSSR count). The number of anilines is 1. The van der Waals surface area contributed by atoms with Crippen molar-refractivity contribution in [3.63, 3.8) is 0 Å². The van der Waals surface area contributed by atoms with Crippen LogP contribution in [0.25, 0.3) is 0 Å². The van der Waals surface area contributed by atoms with E-state index in [-0.39, 0.29) is 17.5 Å². The molecule has 0 spiro atoms. The summed E-state index contributed by atoms with van der Waals surface area (Å²) >= 11 is 0. The minimum Gasteiger partial charge on any atom is -0.367 e. The quantitative estimate of drug-likeness (QED) is 0.846. The van der Waals surface area contributed by atoms with Crippen molar-refractivity contribution in [3.8, 4) is 0 Å². The van der Waals surface area contributed by atoms with E-state index in [2.05, 4.69) is 42.3 Å². The lowest BCUT2D eigenvalue weighted by molar-refractivity contribution is 0.568. The predicted molar refractivity (Wildman–Crippen MR) is 88.6 cm³/mol. The van der Waals surface area contributed by atoms with Gasteiger partial charge in [0.15, 0.2) is 9.84 Å². The molecule has 0 amide bonds. The van der Waals surface area contributed by atoms with Crippen LogP contribution in [0.4, 0.5) is 5.69 Å². The molecule has 5 heteroatoms. The largest absolute Gasteiger partial charge is 0.367 e. The number of rotatable bonds is 5. The number of benzene rings is 1. The maximum absolute atomic E-state index is 11.7. The molecule has 1 N–H and O–H groups in total. The minimum absolute atomic E-state index is 0.0483. The lowest BCUT2D eigenvalue weighted by Gasteiger charge is -2.35. The van der Waals surface area contributed by atoms with Gasteiger partial charge in [-0.2, -0.15) is 0 Å². The average Bonchev–Trinajstić information content (AvgIpc) is 2.40. The van der Waals surface area contributed by atoms with Crippen molar-refractivity contribution >= 4 is 15.5 Å². The molecule has 1 heterocycles. The van der Waals surface area contributed by atoms with E-state index in [0.717, 1.165) is 25.2 Å². The zero-order valence-corrected chi connectivity index (χ0v) is 14.0. The Labute approximate surface area is 128 Å². The molecule has 21 heavy (non-hydrogen) atoms. The maximum atomic E-state index is 11.7. The Morgan fingerprint density at radius 1 is 1.38 bits per heavy atom. The monoisotopic (exact) mass is 310 g/mol. The predicted octanol–water partition coefficient (Wildman–Crippen LogP) is 2.12. The van der Waals surface area contributed by atoms with Gasteiger partial charge in [-0.05, 0) is 50.1 Å². The first kappa shape index (κ1) is 16.3. The van der Waals surface area contributed by atoms with Crippen LogP contribution in [-0.4, -0.2) is 39.1 Å². The molecule has 0 saturated carbocycles. The zero-order chi connectivity index (χ0) is 15.5. The smallest absolute Gasteiger partial charge is 0.154 e. The third kappa shape index (κ3) is 4.20. The average molecular weight is 310 g/mol. The summed E-state index contributed by atoms with van der Waals surface area (Å²) in [5.74, 6) is 0.516. The second-order valence-corrected chi connectivity index (χ2v) is 8.17. The third-order valence-corrected chi connectivity index (χ3v) is 5.87. The number of hydrogen-bond acceptors (Lipinski definition) is 4. The van der Waals surface area contributed by atoms with Crippen molar-refractivity contribution in [2.45, 2.75) is 39.8 Å². The van der Waals surface area contributed by atoms with Gasteiger partial charge in [-0.15, -0.1) is 0 Å². The summed E-state index contributed by atoms with van der Waals surface area (Å²) in [5, 5.41) is 3.42. The van der Waals surface area contributed by atoms with Gasteiger partial charge in [0.1, 0.15) is 0 Å². The third-order valence-electron chi connectivity index (χ3n) is 4.07. The number of nitrogens with one attached hydrogen (secondary N) is 1. The van der Waals surface area contributed by atoms with Gasteiger partial charge in [-0.1, -0.05) is 13.0 Å². The second kappa shape index (κ2) is 6.79. The van der Waals surface area contributed by atoms with Gasteiger partial charge < -0.3 is 10.2 Å². The van der Waals surface area contributed by atoms with Gasteiger partial charge in [0.05, 0.1) is 11.5 Å². The van der Waals surface area contributed by atoms with Gasteiger partial charge in [-0.3, -0.25) is 0 Å². The molecule has 0 aliphatic carbocycles. The highest BCUT2D eigenvalue weighted by Crippen LogP contribution is 2.24. The molecule has 1 fully saturated rings. The van der Waals surface area contributed by atoms with E-state index in [1.807, 2.05) is 6.92 Å². The van der Waals surface area contributed by atoms with Crippen molar-refractivity contribution in [1.29, 1.82) is 0 Å². The molecular formula is C16H26N2O2S. The molecule has 1 unspecified atom stereocenters. The van der Waals surface area contributed by atoms with Crippen molar-refractivity contribution in [2.24, 2.45) is 0 Å². The maximum Gasteiger partial charge on any atom is 0.154 e. The van der Waals surface area contributed by atoms with E-state index in [1.165, 1.54) is 11.1 Å². The topological polar surface area (TPSA) is 49.4 Å². The van der Waals surface area contributed by atoms with Crippen LogP contribution in [0, 0.1) is 6.92 Å². The van der Waals surface area contributed by atoms with E-state index in [1.54, 1.807) is 0 Å². The van der Waals surface area contributed by atoms with E-state index in [4.69, 9.17) is 0 Å². The van der Waals surface area contributed by atoms with Crippen LogP contribution in [0.1, 0.15) is 31.4 Å². The zero-order valence-electron chi connectivity index (χ0n) is 13.2. The van der Waals surface area contributed by atoms with Crippen LogP contribution in [0.15, 0.2) is 18.2 Å². The lowest BCUT2D eigenvalue weighted by atomic mass is 10.1. The first-order valence-corrected chi connectivity index (χ1v) is 9.52. The molecule has 1 aromatic rings. The highest BCUT2D eigenvalue weighted by atomic mass is 32.2. The molecule has 1 saturated heterocycles. The molecule has 0 aromatic heterocycles. The first-order valence-electron chi connectivity index (χ1n) is 7.70. The number of hydrogen-bond donors (Lipinski definition) is 1. The van der Waals surface area contributed by atoms with Crippen molar-refractivity contribution in [2.75, 3.05) is 29.5 Å². The van der Waals surface area contributed by atoms with Gasteiger partial charge in [0.25, 0.3) is 0 Å². The molecule has 1 aliphatic rings. The molecular weight excluding hydrogens is 284 g/mol. The van der Waals surface area contributed by atoms with E-state index in [9.17, 15) is 8.42 Å². The summed E-state index contributed by atoms with van der Waals surface area (Å²) in [6.45, 7) is 8.79. The highest BCUT2D eigenvalue weighted by molar-refractivity contribution is 7.91. The Morgan fingerprint density at radius 3 is 2.76 bits per heavy atom. The molecule has 1 aliphatic heterocycles. The molecule has 118 valence electrons. The van der Waals surface area contributed by atoms with Gasteiger partial charge in [0.2, 0.25) is 0 Å². The van der Waals surface area contributed by atoms with E-state index in [0.29, 0.717) is 6.54 Å². The van der Waals surface area contributed by atoms with Gasteiger partial charge >= 0.3 is 0 Å². The lowest BCUT2D eigenvalue weighted by Crippen LogP contribution is -2.47. The van der Waals surface area contributed by atoms with Crippen LogP contribution in [0.2, 0.25) is 0 Å². The normalized spacial score (nSPS) is 21.5. The van der Waals surface area contributed by atoms with Crippen LogP contribution >= 0.6 is 0 Å². The fourth-order valence-corrected chi connectivity index (χ4v) is 4.40. The van der Waals surface area contributed by atoms with E-state index >= 15 is 0 Å². The Morgan fingerprint density at radius 2 is 2.14 bits per heavy atom. The number of sulfone groups is 1. The summed E-state index contributed by atoms with van der Waals surface area (Å²) < 4.78 is 23.3. The Kier molecular flexibility index (Phi) is 5.27. The summed E-state index contributed by atoms with van der Waals surface area (Å²) in [7, 11) is -2.86. The minimum atomic E-state index is -2.86. The van der Waals surface area contributed by atoms with Crippen molar-refractivity contribution < 1.29 is 8.42 Å². The fourth-order valence-electron chi connectivity index (χ4n) is 2.84. The number of nitrogens with zero attached hydrogens (tertiary/aromatic N) is 1. The van der Waals surface area contributed by atoms with Gasteiger partial charge in [0, 0.05) is 24.8 Å². The summed E-state index contributed by atoms with van der Waals surface area (Å²) in [6.07, 6.45) is 1.14. The van der Waals surface area contributed by atoms with Crippen LogP contribution in [0.5, 0.6) is 0 Å². The molecule has 1 atom stereocenters. The van der Waals surface area contributed by atoms with Gasteiger partial charge in [-0.25, -0.2) is 8.42 Å². The highest BCUT2D eigenvalue weighted by Gasteiger charge is 2.28. The Balaban J connectivity index is 2.09. The molecule has 4 nitrogen and oxygen atoms in total. The van der Waals surface area contributed by atoms with Crippen LogP contribution in [-0.2, 0) is 16.4 Å². The second-order valence-electron chi connectivity index (χ2n) is 5.94. The first-order chi connectivity index (χ1) is 9.93. The van der Waals surface area contributed by atoms with Crippen LogP contribution in [0.3, 0.4) is 0 Å². The van der Waals surface area contributed by atoms with Crippen molar-refractivity contribution in [3.05, 3.63) is 29.3 Å². The summed E-state index contributed by atoms with van der Waals surface area (Å²) in [4.78, 5) is 2.21. The standard InChI is InChI=1S/C16H26N2O2S/c1-4-7-17-11-15-5-6-16(10-13(15)2)18-8-9-21(19,20)12-14(18)3/h5-6,10,14,17H,4,7-9,11-12H2,1-3H3. The van der Waals surface area contributed by atoms with Crippen LogP contribution < -0.4 is 10.2 Å². The molecule has 0 bridgehead atoms. The summed E-state index contributed by atoms with van der Waals surface area (Å²) in [5.41, 5.74) is 3.70. The molecule has 0 radical (unpaired) electrons. The Hall–Kier alpha value is -1.07. The van der Waals surface area contributed by atoms with E-state index < -0.39 is 9.84 Å². The van der Waals surface area contributed by atoms with Crippen molar-refractivity contribution in [1.82, 2.24) is 5.32 Å². The molecule has 1 aromatic carbocycles. The SMILES string of the molecule is CCCNCc1ccc(N2CCS(=O)(=O)CC2C)cc1C.